The van der Waals surface area contributed by atoms with Crippen molar-refractivity contribution in [3.8, 4) is 5.75 Å². The number of pyridine rings is 1. The fourth-order valence-electron chi connectivity index (χ4n) is 3.72. The van der Waals surface area contributed by atoms with E-state index in [1.54, 1.807) is 24.4 Å². The zero-order valence-electron chi connectivity index (χ0n) is 18.7. The minimum atomic E-state index is -4.74. The zero-order chi connectivity index (χ0) is 25.0. The Labute approximate surface area is 208 Å². The summed E-state index contributed by atoms with van der Waals surface area (Å²) >= 11 is 3.40. The van der Waals surface area contributed by atoms with E-state index in [1.165, 1.54) is 12.1 Å². The van der Waals surface area contributed by atoms with Gasteiger partial charge in [-0.15, -0.1) is 13.2 Å². The van der Waals surface area contributed by atoms with Crippen molar-refractivity contribution in [3.05, 3.63) is 88.3 Å². The van der Waals surface area contributed by atoms with Gasteiger partial charge in [0, 0.05) is 23.5 Å². The maximum Gasteiger partial charge on any atom is 0.573 e. The lowest BCUT2D eigenvalue weighted by Crippen LogP contribution is -2.27. The number of amides is 1. The maximum absolute atomic E-state index is 12.6. The SMILES string of the molecule is CC(NC(=O)CCc1nc2cccnc2n1Cc1ccc(OC(F)(F)F)cc1)c1ccc(Br)cc1. The van der Waals surface area contributed by atoms with E-state index >= 15 is 0 Å². The second-order valence-electron chi connectivity index (χ2n) is 7.99. The number of carbonyl (C=O) groups excluding carboxylic acids is 1. The lowest BCUT2D eigenvalue weighted by Gasteiger charge is -2.15. The van der Waals surface area contributed by atoms with Crippen molar-refractivity contribution in [1.29, 1.82) is 0 Å². The lowest BCUT2D eigenvalue weighted by molar-refractivity contribution is -0.274. The molecule has 0 bridgehead atoms. The third kappa shape index (κ3) is 6.60. The van der Waals surface area contributed by atoms with Crippen LogP contribution in [0.3, 0.4) is 0 Å². The molecule has 1 unspecified atom stereocenters. The second kappa shape index (κ2) is 10.5. The van der Waals surface area contributed by atoms with Gasteiger partial charge >= 0.3 is 6.36 Å². The van der Waals surface area contributed by atoms with Crippen molar-refractivity contribution >= 4 is 33.0 Å². The molecule has 0 radical (unpaired) electrons. The minimum absolute atomic E-state index is 0.111. The molecule has 1 N–H and O–H groups in total. The van der Waals surface area contributed by atoms with E-state index < -0.39 is 6.36 Å². The summed E-state index contributed by atoms with van der Waals surface area (Å²) in [6.07, 6.45) is -2.49. The Bertz CT molecular complexity index is 1310. The molecule has 1 amide bonds. The molecule has 0 fully saturated rings. The van der Waals surface area contributed by atoms with Gasteiger partial charge in [0.05, 0.1) is 12.6 Å². The van der Waals surface area contributed by atoms with Gasteiger partial charge in [-0.1, -0.05) is 40.2 Å². The van der Waals surface area contributed by atoms with Crippen molar-refractivity contribution < 1.29 is 22.7 Å². The van der Waals surface area contributed by atoms with Gasteiger partial charge in [0.2, 0.25) is 5.91 Å². The molecule has 35 heavy (non-hydrogen) atoms. The molecular formula is C25H22BrF3N4O2. The average Bonchev–Trinajstić information content (AvgIpc) is 3.16. The van der Waals surface area contributed by atoms with Crippen LogP contribution in [0.25, 0.3) is 11.2 Å². The summed E-state index contributed by atoms with van der Waals surface area (Å²) < 4.78 is 44.1. The van der Waals surface area contributed by atoms with Crippen LogP contribution in [0.2, 0.25) is 0 Å². The number of hydrogen-bond acceptors (Lipinski definition) is 4. The van der Waals surface area contributed by atoms with Crippen molar-refractivity contribution in [2.45, 2.75) is 38.7 Å². The number of aryl methyl sites for hydroxylation is 1. The molecule has 0 saturated carbocycles. The van der Waals surface area contributed by atoms with Gasteiger partial charge in [0.1, 0.15) is 17.1 Å². The molecule has 2 aromatic carbocycles. The standard InChI is InChI=1S/C25H22BrF3N4O2/c1-16(18-6-8-19(26)9-7-18)31-23(34)13-12-22-32-21-3-2-14-30-24(21)33(22)15-17-4-10-20(11-5-17)35-25(27,28)29/h2-11,14,16H,12-13,15H2,1H3,(H,31,34). The van der Waals surface area contributed by atoms with E-state index in [2.05, 4.69) is 36.0 Å². The zero-order valence-corrected chi connectivity index (χ0v) is 20.3. The minimum Gasteiger partial charge on any atom is -0.406 e. The van der Waals surface area contributed by atoms with E-state index in [-0.39, 0.29) is 24.1 Å². The van der Waals surface area contributed by atoms with Crippen LogP contribution >= 0.6 is 15.9 Å². The number of alkyl halides is 3. The summed E-state index contributed by atoms with van der Waals surface area (Å²) in [6.45, 7) is 2.26. The van der Waals surface area contributed by atoms with Crippen LogP contribution in [0, 0.1) is 0 Å². The maximum atomic E-state index is 12.6. The first-order valence-corrected chi connectivity index (χ1v) is 11.7. The van der Waals surface area contributed by atoms with Gasteiger partial charge in [0.15, 0.2) is 5.65 Å². The highest BCUT2D eigenvalue weighted by Gasteiger charge is 2.31. The number of ether oxygens (including phenoxy) is 1. The molecule has 10 heteroatoms. The van der Waals surface area contributed by atoms with Crippen molar-refractivity contribution in [1.82, 2.24) is 19.9 Å². The largest absolute Gasteiger partial charge is 0.573 e. The Morgan fingerprint density at radius 3 is 2.51 bits per heavy atom. The normalized spacial score (nSPS) is 12.5. The molecular weight excluding hydrogens is 525 g/mol. The molecule has 0 spiro atoms. The summed E-state index contributed by atoms with van der Waals surface area (Å²) in [5, 5.41) is 3.00. The van der Waals surface area contributed by atoms with E-state index in [9.17, 15) is 18.0 Å². The van der Waals surface area contributed by atoms with E-state index in [4.69, 9.17) is 0 Å². The number of imidazole rings is 1. The fourth-order valence-corrected chi connectivity index (χ4v) is 3.98. The summed E-state index contributed by atoms with van der Waals surface area (Å²) in [4.78, 5) is 21.7. The van der Waals surface area contributed by atoms with Crippen molar-refractivity contribution in [3.63, 3.8) is 0 Å². The smallest absolute Gasteiger partial charge is 0.406 e. The Kier molecular flexibility index (Phi) is 7.39. The molecule has 182 valence electrons. The monoisotopic (exact) mass is 546 g/mol. The summed E-state index contributed by atoms with van der Waals surface area (Å²) in [5.74, 6) is 0.271. The molecule has 1 atom stereocenters. The van der Waals surface area contributed by atoms with Crippen LogP contribution in [-0.2, 0) is 17.8 Å². The van der Waals surface area contributed by atoms with Crippen LogP contribution < -0.4 is 10.1 Å². The molecule has 4 aromatic rings. The van der Waals surface area contributed by atoms with Gasteiger partial charge in [0.25, 0.3) is 0 Å². The van der Waals surface area contributed by atoms with E-state index in [0.29, 0.717) is 30.0 Å². The van der Waals surface area contributed by atoms with Crippen molar-refractivity contribution in [2.24, 2.45) is 0 Å². The average molecular weight is 547 g/mol. The number of halogens is 4. The van der Waals surface area contributed by atoms with Crippen molar-refractivity contribution in [2.75, 3.05) is 0 Å². The summed E-state index contributed by atoms with van der Waals surface area (Å²) in [6, 6.07) is 16.9. The Morgan fingerprint density at radius 1 is 1.11 bits per heavy atom. The van der Waals surface area contributed by atoms with Crippen LogP contribution in [-0.4, -0.2) is 26.8 Å². The lowest BCUT2D eigenvalue weighted by atomic mass is 10.1. The Hall–Kier alpha value is -3.40. The number of nitrogens with one attached hydrogen (secondary N) is 1. The first-order valence-electron chi connectivity index (χ1n) is 10.9. The van der Waals surface area contributed by atoms with Gasteiger partial charge in [-0.05, 0) is 54.4 Å². The Balaban J connectivity index is 1.46. The number of nitrogens with zero attached hydrogens (tertiary/aromatic N) is 3. The van der Waals surface area contributed by atoms with Crippen LogP contribution in [0.5, 0.6) is 5.75 Å². The highest BCUT2D eigenvalue weighted by Crippen LogP contribution is 2.24. The number of fused-ring (bicyclic) bond motifs is 1. The summed E-state index contributed by atoms with van der Waals surface area (Å²) in [5.41, 5.74) is 3.07. The third-order valence-corrected chi connectivity index (χ3v) is 5.93. The van der Waals surface area contributed by atoms with Gasteiger partial charge in [-0.2, -0.15) is 0 Å². The first kappa shape index (κ1) is 24.7. The number of carbonyl (C=O) groups is 1. The van der Waals surface area contributed by atoms with Crippen LogP contribution in [0.1, 0.15) is 36.3 Å². The molecule has 0 saturated heterocycles. The first-order chi connectivity index (χ1) is 16.7. The van der Waals surface area contributed by atoms with E-state index in [0.717, 1.165) is 15.6 Å². The summed E-state index contributed by atoms with van der Waals surface area (Å²) in [7, 11) is 0. The third-order valence-electron chi connectivity index (χ3n) is 5.40. The second-order valence-corrected chi connectivity index (χ2v) is 8.91. The molecule has 2 aromatic heterocycles. The molecule has 2 heterocycles. The quantitative estimate of drug-likeness (QED) is 0.296. The molecule has 0 aliphatic rings. The van der Waals surface area contributed by atoms with Crippen LogP contribution in [0.4, 0.5) is 13.2 Å². The highest BCUT2D eigenvalue weighted by molar-refractivity contribution is 9.10. The van der Waals surface area contributed by atoms with Gasteiger partial charge in [-0.3, -0.25) is 4.79 Å². The number of rotatable bonds is 8. The van der Waals surface area contributed by atoms with Crippen LogP contribution in [0.15, 0.2) is 71.3 Å². The molecule has 0 aliphatic carbocycles. The predicted octanol–water partition coefficient (Wildman–Crippen LogP) is 5.95. The fraction of sp³-hybridized carbons (Fsp3) is 0.240. The van der Waals surface area contributed by atoms with E-state index in [1.807, 2.05) is 41.8 Å². The molecule has 6 nitrogen and oxygen atoms in total. The Morgan fingerprint density at radius 2 is 1.83 bits per heavy atom. The molecule has 4 rings (SSSR count). The number of hydrogen-bond donors (Lipinski definition) is 1. The predicted molar refractivity (Wildman–Crippen MR) is 129 cm³/mol. The highest BCUT2D eigenvalue weighted by atomic mass is 79.9. The van der Waals surface area contributed by atoms with Gasteiger partial charge < -0.3 is 14.6 Å². The molecule has 0 aliphatic heterocycles. The van der Waals surface area contributed by atoms with Gasteiger partial charge in [-0.25, -0.2) is 9.97 Å². The number of benzene rings is 2. The number of aromatic nitrogens is 3. The topological polar surface area (TPSA) is 69.0 Å².